The van der Waals surface area contributed by atoms with Gasteiger partial charge in [-0.15, -0.1) is 0 Å². The van der Waals surface area contributed by atoms with Gasteiger partial charge in [0.25, 0.3) is 0 Å². The lowest BCUT2D eigenvalue weighted by molar-refractivity contribution is -0.166. The molecule has 0 radical (unpaired) electrons. The zero-order chi connectivity index (χ0) is 22.9. The molecule has 1 aromatic rings. The van der Waals surface area contributed by atoms with Crippen LogP contribution in [0.2, 0.25) is 0 Å². The fraction of sp³-hybridized carbons (Fsp3) is 0.769. The molecule has 2 aliphatic carbocycles. The van der Waals surface area contributed by atoms with E-state index in [-0.39, 0.29) is 24.9 Å². The van der Waals surface area contributed by atoms with Crippen molar-refractivity contribution in [3.8, 4) is 11.5 Å². The fourth-order valence-corrected chi connectivity index (χ4v) is 6.74. The maximum atomic E-state index is 11.6. The van der Waals surface area contributed by atoms with Crippen molar-refractivity contribution in [1.29, 1.82) is 0 Å². The third-order valence-electron chi connectivity index (χ3n) is 8.15. The predicted molar refractivity (Wildman–Crippen MR) is 122 cm³/mol. The van der Waals surface area contributed by atoms with Crippen LogP contribution in [0.5, 0.6) is 11.5 Å². The summed E-state index contributed by atoms with van der Waals surface area (Å²) in [6.07, 6.45) is 6.24. The number of benzene rings is 1. The topological polar surface area (TPSA) is 57.2 Å². The van der Waals surface area contributed by atoms with Crippen molar-refractivity contribution in [1.82, 2.24) is 0 Å². The largest absolute Gasteiger partial charge is 0.467 e. The highest BCUT2D eigenvalue weighted by Crippen LogP contribution is 2.63. The molecule has 176 valence electrons. The van der Waals surface area contributed by atoms with Crippen LogP contribution in [0, 0.1) is 29.6 Å². The maximum absolute atomic E-state index is 11.6. The number of hydrogen-bond acceptors (Lipinski definition) is 5. The van der Waals surface area contributed by atoms with Crippen LogP contribution in [0.3, 0.4) is 0 Å². The van der Waals surface area contributed by atoms with E-state index in [1.54, 1.807) is 14.2 Å². The van der Waals surface area contributed by atoms with Gasteiger partial charge in [0.05, 0.1) is 5.60 Å². The molecule has 5 heteroatoms. The quantitative estimate of drug-likeness (QED) is 0.548. The minimum atomic E-state index is -0.736. The van der Waals surface area contributed by atoms with Gasteiger partial charge in [0.1, 0.15) is 11.5 Å². The first-order chi connectivity index (χ1) is 14.5. The maximum Gasteiger partial charge on any atom is 0.188 e. The molecule has 0 heterocycles. The van der Waals surface area contributed by atoms with Gasteiger partial charge in [-0.1, -0.05) is 27.2 Å². The summed E-state index contributed by atoms with van der Waals surface area (Å²) in [6.45, 7) is 11.6. The van der Waals surface area contributed by atoms with Crippen LogP contribution in [0.4, 0.5) is 0 Å². The van der Waals surface area contributed by atoms with Crippen LogP contribution in [-0.2, 0) is 15.9 Å². The Kier molecular flexibility index (Phi) is 7.29. The summed E-state index contributed by atoms with van der Waals surface area (Å²) in [6, 6.07) is 4.08. The smallest absolute Gasteiger partial charge is 0.188 e. The number of ether oxygens (including phenoxy) is 4. The van der Waals surface area contributed by atoms with E-state index in [1.807, 2.05) is 26.0 Å². The van der Waals surface area contributed by atoms with Crippen molar-refractivity contribution in [3.05, 3.63) is 23.3 Å². The normalized spacial score (nSPS) is 32.4. The lowest BCUT2D eigenvalue weighted by atomic mass is 9.45. The second-order valence-corrected chi connectivity index (χ2v) is 10.9. The fourth-order valence-electron chi connectivity index (χ4n) is 6.74. The monoisotopic (exact) mass is 434 g/mol. The number of fused-ring (bicyclic) bond motifs is 1. The van der Waals surface area contributed by atoms with Crippen molar-refractivity contribution >= 4 is 0 Å². The third-order valence-corrected chi connectivity index (χ3v) is 8.15. The predicted octanol–water partition coefficient (Wildman–Crippen LogP) is 5.50. The van der Waals surface area contributed by atoms with Crippen molar-refractivity contribution in [3.63, 3.8) is 0 Å². The summed E-state index contributed by atoms with van der Waals surface area (Å²) in [5.41, 5.74) is 1.67. The van der Waals surface area contributed by atoms with Crippen molar-refractivity contribution < 1.29 is 24.1 Å². The molecule has 31 heavy (non-hydrogen) atoms. The average Bonchev–Trinajstić information content (AvgIpc) is 2.67. The Labute approximate surface area is 188 Å². The Bertz CT molecular complexity index is 727. The van der Waals surface area contributed by atoms with Crippen LogP contribution in [0.25, 0.3) is 0 Å². The van der Waals surface area contributed by atoms with Crippen LogP contribution in [-0.4, -0.2) is 38.5 Å². The van der Waals surface area contributed by atoms with E-state index in [0.29, 0.717) is 17.8 Å². The minimum absolute atomic E-state index is 0.0610. The first-order valence-electron chi connectivity index (χ1n) is 11.6. The highest BCUT2D eigenvalue weighted by Gasteiger charge is 2.58. The second kappa shape index (κ2) is 9.29. The SMILES string of the molecule is COCOc1cc(C)cc(OCOC)c1C[C@H]1[C@]2(C)CCCC(C)(C)[C@H]2CC[C@]1(C)O. The molecular formula is C26H42O5. The Morgan fingerprint density at radius 2 is 1.52 bits per heavy atom. The van der Waals surface area contributed by atoms with Gasteiger partial charge < -0.3 is 24.1 Å². The minimum Gasteiger partial charge on any atom is -0.467 e. The number of aliphatic hydroxyl groups is 1. The Hall–Kier alpha value is -1.30. The zero-order valence-corrected chi connectivity index (χ0v) is 20.5. The summed E-state index contributed by atoms with van der Waals surface area (Å²) >= 11 is 0. The average molecular weight is 435 g/mol. The summed E-state index contributed by atoms with van der Waals surface area (Å²) in [4.78, 5) is 0. The van der Waals surface area contributed by atoms with Crippen LogP contribution in [0.1, 0.15) is 70.9 Å². The Balaban J connectivity index is 2.05. The first kappa shape index (κ1) is 24.3. The Morgan fingerprint density at radius 1 is 0.935 bits per heavy atom. The highest BCUT2D eigenvalue weighted by atomic mass is 16.7. The van der Waals surface area contributed by atoms with E-state index in [2.05, 4.69) is 20.8 Å². The zero-order valence-electron chi connectivity index (χ0n) is 20.5. The molecule has 0 saturated heterocycles. The lowest BCUT2D eigenvalue weighted by Gasteiger charge is -2.61. The van der Waals surface area contributed by atoms with Crippen LogP contribution >= 0.6 is 0 Å². The van der Waals surface area contributed by atoms with Gasteiger partial charge in [0, 0.05) is 19.8 Å². The van der Waals surface area contributed by atoms with E-state index < -0.39 is 5.60 Å². The number of hydrogen-bond donors (Lipinski definition) is 1. The standard InChI is InChI=1S/C26H42O5/c1-18-13-20(30-16-28-6)19(21(14-18)31-17-29-7)15-23-25(4)11-8-10-24(2,3)22(25)9-12-26(23,5)27/h13-14,22-23,27H,8-12,15-17H2,1-7H3/t22-,23+,25-,26+/m1/s1. The Morgan fingerprint density at radius 3 is 2.06 bits per heavy atom. The summed E-state index contributed by atoms with van der Waals surface area (Å²) in [5.74, 6) is 2.24. The van der Waals surface area contributed by atoms with Crippen molar-refractivity contribution in [2.75, 3.05) is 27.8 Å². The molecule has 1 aromatic carbocycles. The van der Waals surface area contributed by atoms with E-state index in [0.717, 1.165) is 41.9 Å². The summed E-state index contributed by atoms with van der Waals surface area (Å²) in [5, 5.41) is 11.6. The van der Waals surface area contributed by atoms with Crippen LogP contribution < -0.4 is 9.47 Å². The molecule has 4 atom stereocenters. The van der Waals surface area contributed by atoms with Gasteiger partial charge in [-0.2, -0.15) is 0 Å². The van der Waals surface area contributed by atoms with Gasteiger partial charge in [-0.25, -0.2) is 0 Å². The van der Waals surface area contributed by atoms with Crippen LogP contribution in [0.15, 0.2) is 12.1 Å². The molecule has 0 bridgehead atoms. The molecule has 2 fully saturated rings. The van der Waals surface area contributed by atoms with Crippen molar-refractivity contribution in [2.24, 2.45) is 22.7 Å². The molecule has 5 nitrogen and oxygen atoms in total. The van der Waals surface area contributed by atoms with Crippen molar-refractivity contribution in [2.45, 2.75) is 78.7 Å². The van der Waals surface area contributed by atoms with Gasteiger partial charge >= 0.3 is 0 Å². The van der Waals surface area contributed by atoms with Gasteiger partial charge in [-0.05, 0) is 86.3 Å². The van der Waals surface area contributed by atoms with Gasteiger partial charge in [0.15, 0.2) is 13.6 Å². The molecule has 3 rings (SSSR count). The number of rotatable bonds is 8. The van der Waals surface area contributed by atoms with Gasteiger partial charge in [0.2, 0.25) is 0 Å². The van der Waals surface area contributed by atoms with E-state index >= 15 is 0 Å². The number of aryl methyl sites for hydroxylation is 1. The molecule has 0 amide bonds. The number of methoxy groups -OCH3 is 2. The second-order valence-electron chi connectivity index (χ2n) is 10.9. The lowest BCUT2D eigenvalue weighted by Crippen LogP contribution is -2.58. The summed E-state index contributed by atoms with van der Waals surface area (Å²) in [7, 11) is 3.25. The van der Waals surface area contributed by atoms with E-state index in [1.165, 1.54) is 12.8 Å². The molecule has 2 aliphatic rings. The van der Waals surface area contributed by atoms with E-state index in [9.17, 15) is 5.11 Å². The third kappa shape index (κ3) is 4.89. The molecule has 0 aromatic heterocycles. The first-order valence-corrected chi connectivity index (χ1v) is 11.6. The molecule has 0 aliphatic heterocycles. The molecule has 0 unspecified atom stereocenters. The highest BCUT2D eigenvalue weighted by molar-refractivity contribution is 5.48. The molecular weight excluding hydrogens is 392 g/mol. The van der Waals surface area contributed by atoms with E-state index in [4.69, 9.17) is 18.9 Å². The molecule has 2 saturated carbocycles. The molecule has 1 N–H and O–H groups in total. The molecule has 0 spiro atoms. The van der Waals surface area contributed by atoms with Gasteiger partial charge in [-0.3, -0.25) is 0 Å². The summed E-state index contributed by atoms with van der Waals surface area (Å²) < 4.78 is 22.3.